The molecule has 0 unspecified atom stereocenters. The third-order valence-corrected chi connectivity index (χ3v) is 8.16. The van der Waals surface area contributed by atoms with E-state index in [1.165, 1.54) is 0 Å². The van der Waals surface area contributed by atoms with Crippen LogP contribution in [-0.4, -0.2) is 27.2 Å². The highest BCUT2D eigenvalue weighted by Gasteiger charge is 2.42. The first-order valence-electron chi connectivity index (χ1n) is 13.9. The molecule has 1 saturated heterocycles. The van der Waals surface area contributed by atoms with Crippen LogP contribution in [0.3, 0.4) is 0 Å². The van der Waals surface area contributed by atoms with Crippen LogP contribution in [0.4, 0.5) is 11.4 Å². The summed E-state index contributed by atoms with van der Waals surface area (Å²) in [4.78, 5) is 19.3. The Balaban J connectivity index is 1.31. The number of rotatable bonds is 8. The maximum Gasteiger partial charge on any atom is 0.262 e. The van der Waals surface area contributed by atoms with Gasteiger partial charge in [-0.15, -0.1) is 0 Å². The van der Waals surface area contributed by atoms with Crippen molar-refractivity contribution in [1.29, 1.82) is 0 Å². The average Bonchev–Trinajstić information content (AvgIpc) is 3.52. The van der Waals surface area contributed by atoms with Crippen LogP contribution in [0, 0.1) is 13.8 Å². The Morgan fingerprint density at radius 1 is 0.977 bits per heavy atom. The zero-order chi connectivity index (χ0) is 29.9. The average molecular weight is 608 g/mol. The Morgan fingerprint density at radius 3 is 2.42 bits per heavy atom. The van der Waals surface area contributed by atoms with Gasteiger partial charge in [-0.3, -0.25) is 9.78 Å². The molecule has 0 saturated carbocycles. The minimum atomic E-state index is -0.241. The minimum Gasteiger partial charge on any atom is -0.484 e. The molecule has 1 aliphatic heterocycles. The number of nitrogens with one attached hydrogen (secondary N) is 2. The molecule has 0 radical (unpaired) electrons. The lowest BCUT2D eigenvalue weighted by molar-refractivity contribution is -0.118. The maximum atomic E-state index is 12.5. The van der Waals surface area contributed by atoms with E-state index in [-0.39, 0.29) is 24.6 Å². The van der Waals surface area contributed by atoms with Gasteiger partial charge in [0.25, 0.3) is 5.91 Å². The fraction of sp³-hybridized carbons (Fsp3) is 0.147. The summed E-state index contributed by atoms with van der Waals surface area (Å²) in [5, 5.41) is 7.71. The third kappa shape index (κ3) is 5.84. The van der Waals surface area contributed by atoms with Crippen LogP contribution in [0.1, 0.15) is 34.7 Å². The van der Waals surface area contributed by atoms with E-state index in [9.17, 15) is 4.79 Å². The van der Waals surface area contributed by atoms with Gasteiger partial charge in [-0.05, 0) is 98.4 Å². The number of aryl methyl sites for hydroxylation is 1. The molecule has 2 atom stereocenters. The Morgan fingerprint density at radius 2 is 1.70 bits per heavy atom. The van der Waals surface area contributed by atoms with Gasteiger partial charge in [-0.2, -0.15) is 0 Å². The molecule has 5 aromatic rings. The van der Waals surface area contributed by atoms with Crippen LogP contribution in [0.2, 0.25) is 5.02 Å². The van der Waals surface area contributed by atoms with Crippen LogP contribution in [-0.2, 0) is 4.79 Å². The largest absolute Gasteiger partial charge is 0.484 e. The van der Waals surface area contributed by atoms with E-state index in [0.29, 0.717) is 21.6 Å². The first-order chi connectivity index (χ1) is 20.9. The number of thiocarbonyl (C=S) groups is 1. The summed E-state index contributed by atoms with van der Waals surface area (Å²) < 4.78 is 7.76. The van der Waals surface area contributed by atoms with E-state index in [4.69, 9.17) is 28.6 Å². The molecule has 0 bridgehead atoms. The molecule has 1 aliphatic rings. The van der Waals surface area contributed by atoms with Crippen molar-refractivity contribution in [3.05, 3.63) is 137 Å². The fourth-order valence-corrected chi connectivity index (χ4v) is 6.17. The van der Waals surface area contributed by atoms with Crippen molar-refractivity contribution >= 4 is 46.2 Å². The zero-order valence-electron chi connectivity index (χ0n) is 23.7. The number of hydrogen-bond acceptors (Lipinski definition) is 4. The molecule has 2 aromatic heterocycles. The topological polar surface area (TPSA) is 71.4 Å². The van der Waals surface area contributed by atoms with Gasteiger partial charge in [0.2, 0.25) is 0 Å². The number of pyridine rings is 1. The van der Waals surface area contributed by atoms with Crippen LogP contribution in [0.5, 0.6) is 5.75 Å². The van der Waals surface area contributed by atoms with Gasteiger partial charge >= 0.3 is 0 Å². The summed E-state index contributed by atoms with van der Waals surface area (Å²) in [6, 6.07) is 32.5. The number of carbonyl (C=O) groups excluding carboxylic acids is 1. The Labute approximate surface area is 261 Å². The van der Waals surface area contributed by atoms with Gasteiger partial charge in [0, 0.05) is 29.0 Å². The number of halogens is 1. The number of para-hydroxylation sites is 2. The number of hydrogen-bond donors (Lipinski definition) is 2. The highest BCUT2D eigenvalue weighted by molar-refractivity contribution is 7.80. The number of aromatic nitrogens is 2. The SMILES string of the molecule is Cc1cc([C@@H]2[C@@H](c3ccccn3)NC(=S)N2c2ccc(NC(=O)COc3ccccc3)cc2)c(C)n1-c1ccccc1Cl. The van der Waals surface area contributed by atoms with E-state index in [0.717, 1.165) is 34.0 Å². The van der Waals surface area contributed by atoms with Crippen molar-refractivity contribution in [3.63, 3.8) is 0 Å². The van der Waals surface area contributed by atoms with E-state index in [2.05, 4.69) is 45.0 Å². The molecule has 0 aliphatic carbocycles. The minimum absolute atomic E-state index is 0.0826. The normalized spacial score (nSPS) is 16.2. The molecule has 3 heterocycles. The number of carbonyl (C=O) groups is 1. The highest BCUT2D eigenvalue weighted by atomic mass is 35.5. The summed E-state index contributed by atoms with van der Waals surface area (Å²) in [5.74, 6) is 0.403. The fourth-order valence-electron chi connectivity index (χ4n) is 5.61. The molecule has 2 N–H and O–H groups in total. The lowest BCUT2D eigenvalue weighted by Crippen LogP contribution is -2.29. The predicted octanol–water partition coefficient (Wildman–Crippen LogP) is 7.34. The van der Waals surface area contributed by atoms with Crippen LogP contribution in [0.15, 0.2) is 109 Å². The monoisotopic (exact) mass is 607 g/mol. The van der Waals surface area contributed by atoms with Crippen molar-refractivity contribution in [2.24, 2.45) is 0 Å². The maximum absolute atomic E-state index is 12.5. The van der Waals surface area contributed by atoms with Crippen molar-refractivity contribution in [1.82, 2.24) is 14.9 Å². The number of anilines is 2. The molecule has 43 heavy (non-hydrogen) atoms. The Hall–Kier alpha value is -4.66. The van der Waals surface area contributed by atoms with Crippen LogP contribution < -0.4 is 20.3 Å². The second-order valence-corrected chi connectivity index (χ2v) is 11.1. The summed E-state index contributed by atoms with van der Waals surface area (Å²) in [6.07, 6.45) is 1.80. The zero-order valence-corrected chi connectivity index (χ0v) is 25.3. The summed E-state index contributed by atoms with van der Waals surface area (Å²) >= 11 is 12.6. The molecule has 216 valence electrons. The second kappa shape index (κ2) is 12.3. The Kier molecular flexibility index (Phi) is 8.13. The summed E-state index contributed by atoms with van der Waals surface area (Å²) in [7, 11) is 0. The first-order valence-corrected chi connectivity index (χ1v) is 14.7. The van der Waals surface area contributed by atoms with Crippen molar-refractivity contribution in [2.45, 2.75) is 25.9 Å². The quantitative estimate of drug-likeness (QED) is 0.180. The first kappa shape index (κ1) is 28.5. The molecule has 6 rings (SSSR count). The third-order valence-electron chi connectivity index (χ3n) is 7.52. The van der Waals surface area contributed by atoms with Gasteiger partial charge in [0.1, 0.15) is 5.75 Å². The molecule has 9 heteroatoms. The molecule has 7 nitrogen and oxygen atoms in total. The van der Waals surface area contributed by atoms with Crippen molar-refractivity contribution in [3.8, 4) is 11.4 Å². The number of amides is 1. The number of nitrogens with zero attached hydrogens (tertiary/aromatic N) is 3. The lowest BCUT2D eigenvalue weighted by Gasteiger charge is -2.28. The van der Waals surface area contributed by atoms with Crippen LogP contribution in [0.25, 0.3) is 5.69 Å². The van der Waals surface area contributed by atoms with Gasteiger partial charge in [0.05, 0.1) is 28.5 Å². The van der Waals surface area contributed by atoms with E-state index in [1.807, 2.05) is 97.1 Å². The smallest absolute Gasteiger partial charge is 0.262 e. The molecule has 1 amide bonds. The number of benzene rings is 3. The van der Waals surface area contributed by atoms with Gasteiger partial charge in [0.15, 0.2) is 11.7 Å². The van der Waals surface area contributed by atoms with Gasteiger partial charge < -0.3 is 24.8 Å². The van der Waals surface area contributed by atoms with Gasteiger partial charge in [-0.25, -0.2) is 0 Å². The van der Waals surface area contributed by atoms with Crippen molar-refractivity contribution in [2.75, 3.05) is 16.8 Å². The highest BCUT2D eigenvalue weighted by Crippen LogP contribution is 2.44. The standard InChI is InChI=1S/C34H30ClN5O2S/c1-22-20-27(23(2)39(22)30-14-7-6-12-28(30)35)33-32(29-13-8-9-19-36-29)38-34(43)40(33)25-17-15-24(16-18-25)37-31(41)21-42-26-10-4-3-5-11-26/h3-20,32-33H,21H2,1-2H3,(H,37,41)(H,38,43)/t32-,33-/m1/s1. The van der Waals surface area contributed by atoms with Gasteiger partial charge in [-0.1, -0.05) is 48.0 Å². The predicted molar refractivity (Wildman–Crippen MR) is 175 cm³/mol. The second-order valence-electron chi connectivity index (χ2n) is 10.3. The number of ether oxygens (including phenoxy) is 1. The van der Waals surface area contributed by atoms with Crippen molar-refractivity contribution < 1.29 is 9.53 Å². The molecule has 1 fully saturated rings. The summed E-state index contributed by atoms with van der Waals surface area (Å²) in [5.41, 5.74) is 6.61. The van der Waals surface area contributed by atoms with E-state index >= 15 is 0 Å². The Bertz CT molecular complexity index is 1760. The lowest BCUT2D eigenvalue weighted by atomic mass is 9.96. The molecule has 3 aromatic carbocycles. The van der Waals surface area contributed by atoms with E-state index < -0.39 is 0 Å². The molecular formula is C34H30ClN5O2S. The molecule has 0 spiro atoms. The van der Waals surface area contributed by atoms with E-state index in [1.54, 1.807) is 6.20 Å². The summed E-state index contributed by atoms with van der Waals surface area (Å²) in [6.45, 7) is 4.11. The molecular weight excluding hydrogens is 578 g/mol. The van der Waals surface area contributed by atoms with Crippen LogP contribution >= 0.6 is 23.8 Å².